The van der Waals surface area contributed by atoms with E-state index in [9.17, 15) is 9.90 Å². The van der Waals surface area contributed by atoms with Gasteiger partial charge in [0.2, 0.25) is 0 Å². The molecule has 0 spiro atoms. The first-order valence-electron chi connectivity index (χ1n) is 6.85. The highest BCUT2D eigenvalue weighted by molar-refractivity contribution is 5.91. The van der Waals surface area contributed by atoms with Crippen molar-refractivity contribution in [1.29, 1.82) is 0 Å². The molecule has 1 aromatic heterocycles. The van der Waals surface area contributed by atoms with Crippen molar-refractivity contribution in [3.05, 3.63) is 17.7 Å². The van der Waals surface area contributed by atoms with Crippen LogP contribution in [0.3, 0.4) is 0 Å². The number of nitrogens with one attached hydrogen (secondary N) is 1. The Hall–Kier alpha value is -1.65. The van der Waals surface area contributed by atoms with Crippen molar-refractivity contribution in [2.24, 2.45) is 5.92 Å². The van der Waals surface area contributed by atoms with E-state index in [-0.39, 0.29) is 11.6 Å². The number of hydrogen-bond donors (Lipinski definition) is 2. The highest BCUT2D eigenvalue weighted by atomic mass is 16.4. The number of rotatable bonds is 4. The van der Waals surface area contributed by atoms with E-state index < -0.39 is 5.97 Å². The maximum absolute atomic E-state index is 11.3. The molecule has 0 amide bonds. The van der Waals surface area contributed by atoms with Gasteiger partial charge in [-0.2, -0.15) is 0 Å². The van der Waals surface area contributed by atoms with Crippen LogP contribution < -0.4 is 5.32 Å². The third-order valence-corrected chi connectivity index (χ3v) is 3.73. The fraction of sp³-hybridized carbons (Fsp3) is 0.643. The van der Waals surface area contributed by atoms with E-state index >= 15 is 0 Å². The van der Waals surface area contributed by atoms with Gasteiger partial charge in [-0.1, -0.05) is 27.2 Å². The largest absolute Gasteiger partial charge is 0.476 e. The molecule has 2 N–H and O–H groups in total. The molecular weight excluding hydrogens is 242 g/mol. The molecule has 19 heavy (non-hydrogen) atoms. The Balaban J connectivity index is 2.26. The normalized spacial score (nSPS) is 22.7. The Labute approximate surface area is 113 Å². The van der Waals surface area contributed by atoms with Crippen LogP contribution in [0.5, 0.6) is 0 Å². The van der Waals surface area contributed by atoms with Gasteiger partial charge in [-0.05, 0) is 18.8 Å². The zero-order valence-corrected chi connectivity index (χ0v) is 11.7. The van der Waals surface area contributed by atoms with Gasteiger partial charge in [0.25, 0.3) is 0 Å². The number of nitrogens with zero attached hydrogens (tertiary/aromatic N) is 2. The first-order valence-corrected chi connectivity index (χ1v) is 6.85. The first-order chi connectivity index (χ1) is 8.99. The van der Waals surface area contributed by atoms with Crippen LogP contribution in [0, 0.1) is 5.92 Å². The van der Waals surface area contributed by atoms with Crippen LogP contribution in [-0.2, 0) is 0 Å². The summed E-state index contributed by atoms with van der Waals surface area (Å²) in [6, 6.07) is 0.326. The van der Waals surface area contributed by atoms with Crippen molar-refractivity contribution < 1.29 is 9.90 Å². The maximum Gasteiger partial charge on any atom is 0.356 e. The van der Waals surface area contributed by atoms with Crippen LogP contribution in [-0.4, -0.2) is 27.1 Å². The summed E-state index contributed by atoms with van der Waals surface area (Å²) in [5.41, 5.74) is 0.619. The van der Waals surface area contributed by atoms with E-state index in [0.717, 1.165) is 6.42 Å². The molecule has 104 valence electrons. The van der Waals surface area contributed by atoms with Crippen LogP contribution in [0.15, 0.2) is 6.20 Å². The highest BCUT2D eigenvalue weighted by Crippen LogP contribution is 2.28. The molecule has 2 rings (SSSR count). The van der Waals surface area contributed by atoms with Gasteiger partial charge < -0.3 is 10.4 Å². The number of aromatic nitrogens is 2. The minimum absolute atomic E-state index is 0.0813. The SMILES string of the molecule is CC(C)c1ncc(NC2CCCC2C)c(C(=O)O)n1. The minimum Gasteiger partial charge on any atom is -0.476 e. The predicted molar refractivity (Wildman–Crippen MR) is 73.5 cm³/mol. The molecule has 0 aliphatic heterocycles. The molecule has 1 aromatic rings. The van der Waals surface area contributed by atoms with Crippen molar-refractivity contribution in [2.75, 3.05) is 5.32 Å². The Bertz CT molecular complexity index is 474. The van der Waals surface area contributed by atoms with Crippen LogP contribution >= 0.6 is 0 Å². The molecule has 0 radical (unpaired) electrons. The molecule has 0 aromatic carbocycles. The van der Waals surface area contributed by atoms with Crippen LogP contribution in [0.1, 0.15) is 62.3 Å². The standard InChI is InChI=1S/C14H21N3O2/c1-8(2)13-15-7-11(12(17-13)14(18)19)16-10-6-4-5-9(10)3/h7-10,16H,4-6H2,1-3H3,(H,18,19). The summed E-state index contributed by atoms with van der Waals surface area (Å²) < 4.78 is 0. The number of carbonyl (C=O) groups is 1. The summed E-state index contributed by atoms with van der Waals surface area (Å²) in [6.45, 7) is 6.09. The smallest absolute Gasteiger partial charge is 0.356 e. The fourth-order valence-corrected chi connectivity index (χ4v) is 2.50. The van der Waals surface area contributed by atoms with Gasteiger partial charge in [0, 0.05) is 12.0 Å². The second kappa shape index (κ2) is 5.55. The average molecular weight is 263 g/mol. The lowest BCUT2D eigenvalue weighted by atomic mass is 10.1. The van der Waals surface area contributed by atoms with E-state index in [0.29, 0.717) is 23.5 Å². The molecule has 1 saturated carbocycles. The van der Waals surface area contributed by atoms with Crippen molar-refractivity contribution >= 4 is 11.7 Å². The molecule has 5 heteroatoms. The van der Waals surface area contributed by atoms with Crippen molar-refractivity contribution in [1.82, 2.24) is 9.97 Å². The second-order valence-electron chi connectivity index (χ2n) is 5.61. The third-order valence-electron chi connectivity index (χ3n) is 3.73. The lowest BCUT2D eigenvalue weighted by Gasteiger charge is -2.19. The van der Waals surface area contributed by atoms with Crippen molar-refractivity contribution in [2.45, 2.75) is 52.0 Å². The lowest BCUT2D eigenvalue weighted by molar-refractivity contribution is 0.0691. The maximum atomic E-state index is 11.3. The molecule has 2 unspecified atom stereocenters. The summed E-state index contributed by atoms with van der Waals surface area (Å²) in [5, 5.41) is 12.6. The van der Waals surface area contributed by atoms with Gasteiger partial charge in [0.15, 0.2) is 5.69 Å². The van der Waals surface area contributed by atoms with Gasteiger partial charge in [0.05, 0.1) is 11.9 Å². The predicted octanol–water partition coefficient (Wildman–Crippen LogP) is 2.90. The molecular formula is C14H21N3O2. The number of carboxylic acid groups (broad SMARTS) is 1. The number of aromatic carboxylic acids is 1. The first kappa shape index (κ1) is 13.8. The highest BCUT2D eigenvalue weighted by Gasteiger charge is 2.25. The topological polar surface area (TPSA) is 75.1 Å². The van der Waals surface area contributed by atoms with Crippen LogP contribution in [0.25, 0.3) is 0 Å². The second-order valence-corrected chi connectivity index (χ2v) is 5.61. The van der Waals surface area contributed by atoms with Gasteiger partial charge in [-0.25, -0.2) is 14.8 Å². The van der Waals surface area contributed by atoms with E-state index in [1.807, 2.05) is 13.8 Å². The van der Waals surface area contributed by atoms with Gasteiger partial charge in [-0.3, -0.25) is 0 Å². The summed E-state index contributed by atoms with van der Waals surface area (Å²) >= 11 is 0. The number of carboxylic acids is 1. The Morgan fingerprint density at radius 3 is 2.74 bits per heavy atom. The minimum atomic E-state index is -1.00. The van der Waals surface area contributed by atoms with E-state index in [1.165, 1.54) is 12.8 Å². The molecule has 0 bridgehead atoms. The van der Waals surface area contributed by atoms with Crippen molar-refractivity contribution in [3.63, 3.8) is 0 Å². The van der Waals surface area contributed by atoms with Crippen LogP contribution in [0.2, 0.25) is 0 Å². The molecule has 1 aliphatic carbocycles. The van der Waals surface area contributed by atoms with E-state index in [4.69, 9.17) is 0 Å². The lowest BCUT2D eigenvalue weighted by Crippen LogP contribution is -2.24. The summed E-state index contributed by atoms with van der Waals surface area (Å²) in [4.78, 5) is 19.7. The zero-order valence-electron chi connectivity index (χ0n) is 11.7. The third kappa shape index (κ3) is 3.03. The van der Waals surface area contributed by atoms with E-state index in [2.05, 4.69) is 22.2 Å². The quantitative estimate of drug-likeness (QED) is 0.873. The summed E-state index contributed by atoms with van der Waals surface area (Å²) in [6.07, 6.45) is 5.06. The molecule has 5 nitrogen and oxygen atoms in total. The van der Waals surface area contributed by atoms with Crippen LogP contribution in [0.4, 0.5) is 5.69 Å². The average Bonchev–Trinajstić information content (AvgIpc) is 2.75. The Morgan fingerprint density at radius 2 is 2.21 bits per heavy atom. The molecule has 1 fully saturated rings. The Kier molecular flexibility index (Phi) is 4.02. The molecule has 2 atom stereocenters. The number of anilines is 1. The van der Waals surface area contributed by atoms with Gasteiger partial charge in [-0.15, -0.1) is 0 Å². The molecule has 1 heterocycles. The molecule has 0 saturated heterocycles. The number of hydrogen-bond acceptors (Lipinski definition) is 4. The van der Waals surface area contributed by atoms with Gasteiger partial charge in [0.1, 0.15) is 5.82 Å². The summed E-state index contributed by atoms with van der Waals surface area (Å²) in [7, 11) is 0. The molecule has 1 aliphatic rings. The monoisotopic (exact) mass is 263 g/mol. The van der Waals surface area contributed by atoms with Gasteiger partial charge >= 0.3 is 5.97 Å². The fourth-order valence-electron chi connectivity index (χ4n) is 2.50. The van der Waals surface area contributed by atoms with E-state index in [1.54, 1.807) is 6.20 Å². The zero-order chi connectivity index (χ0) is 14.0. The Morgan fingerprint density at radius 1 is 1.47 bits per heavy atom. The summed E-state index contributed by atoms with van der Waals surface area (Å²) in [5.74, 6) is 0.254. The van der Waals surface area contributed by atoms with Crippen molar-refractivity contribution in [3.8, 4) is 0 Å².